The summed E-state index contributed by atoms with van der Waals surface area (Å²) in [4.78, 5) is 28.2. The van der Waals surface area contributed by atoms with E-state index in [0.29, 0.717) is 46.8 Å². The Kier molecular flexibility index (Phi) is 5.38. The lowest BCUT2D eigenvalue weighted by molar-refractivity contribution is 0.0982. The van der Waals surface area contributed by atoms with Crippen LogP contribution in [0.3, 0.4) is 0 Å². The van der Waals surface area contributed by atoms with Crippen molar-refractivity contribution in [3.05, 3.63) is 59.2 Å². The number of benzene rings is 2. The van der Waals surface area contributed by atoms with Crippen molar-refractivity contribution < 1.29 is 9.53 Å². The molecule has 0 spiro atoms. The number of halogens is 1. The summed E-state index contributed by atoms with van der Waals surface area (Å²) in [5.74, 6) is 1.61. The molecule has 2 fully saturated rings. The Labute approximate surface area is 208 Å². The van der Waals surface area contributed by atoms with Crippen LogP contribution < -0.4 is 30.1 Å². The average molecular weight is 492 g/mol. The number of piperazine rings is 1. The minimum absolute atomic E-state index is 0.182. The Morgan fingerprint density at radius 3 is 2.80 bits per heavy atom. The number of hydrogen-bond donors (Lipinski definition) is 2. The van der Waals surface area contributed by atoms with Gasteiger partial charge in [-0.1, -0.05) is 23.7 Å². The van der Waals surface area contributed by atoms with E-state index in [1.807, 2.05) is 42.3 Å². The molecule has 0 saturated carbocycles. The third kappa shape index (κ3) is 3.81. The van der Waals surface area contributed by atoms with Crippen molar-refractivity contribution in [2.75, 3.05) is 53.9 Å². The first-order valence-corrected chi connectivity index (χ1v) is 12.0. The highest BCUT2D eigenvalue weighted by atomic mass is 35.5. The zero-order chi connectivity index (χ0) is 24.1. The number of amides is 1. The molecule has 3 aliphatic rings. The number of nitrogens with one attached hydrogen (secondary N) is 2. The summed E-state index contributed by atoms with van der Waals surface area (Å²) in [7, 11) is 3.58. The Balaban J connectivity index is 1.24. The summed E-state index contributed by atoms with van der Waals surface area (Å²) >= 11 is 6.34. The zero-order valence-electron chi connectivity index (χ0n) is 19.5. The molecule has 0 unspecified atom stereocenters. The number of carbonyl (C=O) groups is 1. The molecular weight excluding hydrogens is 466 g/mol. The van der Waals surface area contributed by atoms with E-state index in [4.69, 9.17) is 16.3 Å². The molecule has 1 aromatic heterocycles. The largest absolute Gasteiger partial charge is 0.495 e. The number of methoxy groups -OCH3 is 1. The van der Waals surface area contributed by atoms with E-state index in [1.54, 1.807) is 24.3 Å². The highest BCUT2D eigenvalue weighted by molar-refractivity contribution is 6.34. The summed E-state index contributed by atoms with van der Waals surface area (Å²) in [6, 6.07) is 14.4. The Hall–Kier alpha value is -3.56. The lowest BCUT2D eigenvalue weighted by atomic mass is 10.2. The molecule has 1 amide bonds. The quantitative estimate of drug-likeness (QED) is 0.561. The molecule has 2 saturated heterocycles. The second kappa shape index (κ2) is 8.58. The first-order valence-electron chi connectivity index (χ1n) is 11.6. The molecule has 2 aromatic carbocycles. The van der Waals surface area contributed by atoms with E-state index >= 15 is 0 Å². The third-order valence-electron chi connectivity index (χ3n) is 6.90. The van der Waals surface area contributed by atoms with Crippen LogP contribution in [0.1, 0.15) is 16.8 Å². The van der Waals surface area contributed by atoms with Gasteiger partial charge in [0.15, 0.2) is 0 Å². The van der Waals surface area contributed by atoms with Crippen LogP contribution in [0.4, 0.5) is 28.8 Å². The van der Waals surface area contributed by atoms with Crippen LogP contribution in [0.25, 0.3) is 0 Å². The number of para-hydroxylation sites is 1. The summed E-state index contributed by atoms with van der Waals surface area (Å²) in [6.45, 7) is 2.34. The molecule has 3 aromatic rings. The number of aromatic nitrogens is 2. The van der Waals surface area contributed by atoms with Gasteiger partial charge in [0.25, 0.3) is 5.91 Å². The lowest BCUT2D eigenvalue weighted by Crippen LogP contribution is -2.46. The normalized spacial score (nSPS) is 20.9. The maximum absolute atomic E-state index is 13.2. The van der Waals surface area contributed by atoms with Crippen LogP contribution in [-0.4, -0.2) is 61.9 Å². The summed E-state index contributed by atoms with van der Waals surface area (Å²) < 4.78 is 5.72. The highest BCUT2D eigenvalue weighted by Crippen LogP contribution is 2.38. The molecule has 2 N–H and O–H groups in total. The molecule has 4 heterocycles. The van der Waals surface area contributed by atoms with Gasteiger partial charge in [-0.25, -0.2) is 4.98 Å². The topological polar surface area (TPSA) is 85.9 Å². The van der Waals surface area contributed by atoms with Crippen molar-refractivity contribution in [2.24, 2.45) is 0 Å². The van der Waals surface area contributed by atoms with Crippen molar-refractivity contribution in [1.29, 1.82) is 0 Å². The highest BCUT2D eigenvalue weighted by Gasteiger charge is 2.38. The van der Waals surface area contributed by atoms with Gasteiger partial charge < -0.3 is 25.2 Å². The van der Waals surface area contributed by atoms with Crippen LogP contribution in [0, 0.1) is 0 Å². The minimum atomic E-state index is -0.182. The number of fused-ring (bicyclic) bond motifs is 3. The van der Waals surface area contributed by atoms with Crippen molar-refractivity contribution in [2.45, 2.75) is 18.5 Å². The fourth-order valence-corrected chi connectivity index (χ4v) is 5.44. The molecule has 2 atom stereocenters. The number of ether oxygens (including phenoxy) is 1. The molecule has 6 rings (SSSR count). The number of carbonyl (C=O) groups excluding carboxylic acids is 1. The molecule has 2 bridgehead atoms. The summed E-state index contributed by atoms with van der Waals surface area (Å²) in [6.07, 6.45) is 2.73. The van der Waals surface area contributed by atoms with Crippen molar-refractivity contribution >= 4 is 46.3 Å². The van der Waals surface area contributed by atoms with Gasteiger partial charge >= 0.3 is 0 Å². The van der Waals surface area contributed by atoms with Crippen LogP contribution in [-0.2, 0) is 0 Å². The van der Waals surface area contributed by atoms with Crippen molar-refractivity contribution in [1.82, 2.24) is 15.3 Å². The van der Waals surface area contributed by atoms with E-state index in [-0.39, 0.29) is 5.91 Å². The fraction of sp³-hybridized carbons (Fsp3) is 0.320. The number of nitrogens with zero attached hydrogens (tertiary/aromatic N) is 5. The molecular formula is C25H26ClN7O2. The van der Waals surface area contributed by atoms with Crippen LogP contribution in [0.2, 0.25) is 5.02 Å². The predicted octanol–water partition coefficient (Wildman–Crippen LogP) is 3.49. The Morgan fingerprint density at radius 1 is 1.20 bits per heavy atom. The summed E-state index contributed by atoms with van der Waals surface area (Å²) in [5.41, 5.74) is 3.00. The second-order valence-electron chi connectivity index (χ2n) is 9.11. The number of anilines is 5. The van der Waals surface area contributed by atoms with Crippen LogP contribution >= 0.6 is 11.6 Å². The second-order valence-corrected chi connectivity index (χ2v) is 9.52. The maximum atomic E-state index is 13.2. The monoisotopic (exact) mass is 491 g/mol. The predicted molar refractivity (Wildman–Crippen MR) is 137 cm³/mol. The smallest absolute Gasteiger partial charge is 0.265 e. The minimum Gasteiger partial charge on any atom is -0.495 e. The van der Waals surface area contributed by atoms with Crippen molar-refractivity contribution in [3.63, 3.8) is 0 Å². The van der Waals surface area contributed by atoms with Gasteiger partial charge in [0.1, 0.15) is 17.1 Å². The van der Waals surface area contributed by atoms with Gasteiger partial charge in [-0.2, -0.15) is 4.98 Å². The van der Waals surface area contributed by atoms with Crippen LogP contribution in [0.15, 0.2) is 48.7 Å². The van der Waals surface area contributed by atoms with Gasteiger partial charge in [0.05, 0.1) is 30.2 Å². The van der Waals surface area contributed by atoms with Crippen LogP contribution in [0.5, 0.6) is 5.75 Å². The van der Waals surface area contributed by atoms with Gasteiger partial charge in [0.2, 0.25) is 5.95 Å². The Bertz CT molecular complexity index is 1300. The summed E-state index contributed by atoms with van der Waals surface area (Å²) in [5, 5.41) is 7.32. The van der Waals surface area contributed by atoms with E-state index in [0.717, 1.165) is 30.2 Å². The standard InChI is InChI=1S/C25H26ClN7O2/c1-31-14-33(20-6-4-3-5-19(20)26)24(34)18-12-28-25(30-23(18)31)29-15-7-8-21(22(10-15)35-2)32-13-16-9-17(32)11-27-16/h3-8,10,12,16-17,27H,9,11,13-14H2,1-2H3,(H,28,29,30)/t16-,17-/m0/s1. The first kappa shape index (κ1) is 21.9. The molecule has 10 heteroatoms. The first-order chi connectivity index (χ1) is 17.0. The molecule has 0 radical (unpaired) electrons. The molecule has 9 nitrogen and oxygen atoms in total. The average Bonchev–Trinajstić information content (AvgIpc) is 3.51. The van der Waals surface area contributed by atoms with E-state index in [2.05, 4.69) is 31.6 Å². The number of rotatable bonds is 5. The SMILES string of the molecule is COc1cc(Nc2ncc3c(n2)N(C)CN(c2ccccc2Cl)C3=O)ccc1N1C[C@@H]2C[C@H]1CN2. The molecule has 3 aliphatic heterocycles. The fourth-order valence-electron chi connectivity index (χ4n) is 5.20. The molecule has 180 valence electrons. The molecule has 35 heavy (non-hydrogen) atoms. The molecule has 0 aliphatic carbocycles. The van der Waals surface area contributed by atoms with Gasteiger partial charge in [-0.3, -0.25) is 9.69 Å². The van der Waals surface area contributed by atoms with E-state index < -0.39 is 0 Å². The maximum Gasteiger partial charge on any atom is 0.265 e. The van der Waals surface area contributed by atoms with E-state index in [9.17, 15) is 4.79 Å². The number of hydrogen-bond acceptors (Lipinski definition) is 8. The van der Waals surface area contributed by atoms with Crippen molar-refractivity contribution in [3.8, 4) is 5.75 Å². The van der Waals surface area contributed by atoms with Gasteiger partial charge in [-0.05, 0) is 30.7 Å². The third-order valence-corrected chi connectivity index (χ3v) is 7.22. The van der Waals surface area contributed by atoms with Gasteiger partial charge in [-0.15, -0.1) is 0 Å². The lowest BCUT2D eigenvalue weighted by Gasteiger charge is -2.35. The van der Waals surface area contributed by atoms with E-state index in [1.165, 1.54) is 6.42 Å². The zero-order valence-corrected chi connectivity index (χ0v) is 20.3. The Morgan fingerprint density at radius 2 is 2.06 bits per heavy atom. The van der Waals surface area contributed by atoms with Gasteiger partial charge in [0, 0.05) is 50.2 Å².